The van der Waals surface area contributed by atoms with Crippen LogP contribution in [0.25, 0.3) is 0 Å². The van der Waals surface area contributed by atoms with Crippen LogP contribution in [-0.2, 0) is 17.7 Å². The molecule has 0 bridgehead atoms. The summed E-state index contributed by atoms with van der Waals surface area (Å²) in [5.74, 6) is 0.0988. The zero-order valence-electron chi connectivity index (χ0n) is 11.3. The Morgan fingerprint density at radius 2 is 2.30 bits per heavy atom. The molecule has 1 aliphatic rings. The van der Waals surface area contributed by atoms with E-state index in [0.717, 1.165) is 6.42 Å². The van der Waals surface area contributed by atoms with Gasteiger partial charge in [-0.25, -0.2) is 0 Å². The summed E-state index contributed by atoms with van der Waals surface area (Å²) in [6.45, 7) is 1.13. The van der Waals surface area contributed by atoms with E-state index in [9.17, 15) is 5.11 Å². The van der Waals surface area contributed by atoms with Gasteiger partial charge in [0.25, 0.3) is 0 Å². The Morgan fingerprint density at radius 1 is 1.50 bits per heavy atom. The molecule has 1 aromatic heterocycles. The number of hydrogen-bond acceptors (Lipinski definition) is 3. The minimum Gasteiger partial charge on any atom is -0.386 e. The van der Waals surface area contributed by atoms with Crippen LogP contribution in [0.3, 0.4) is 0 Å². The van der Waals surface area contributed by atoms with E-state index in [0.29, 0.717) is 23.9 Å². The third kappa shape index (κ3) is 2.24. The van der Waals surface area contributed by atoms with Crippen molar-refractivity contribution in [2.75, 3.05) is 13.7 Å². The van der Waals surface area contributed by atoms with Crippen molar-refractivity contribution in [2.45, 2.75) is 25.0 Å². The van der Waals surface area contributed by atoms with Gasteiger partial charge in [-0.15, -0.1) is 0 Å². The van der Waals surface area contributed by atoms with Crippen LogP contribution in [0.1, 0.15) is 28.8 Å². The molecule has 3 rings (SSSR count). The smallest absolute Gasteiger partial charge is 0.104 e. The van der Waals surface area contributed by atoms with Crippen LogP contribution >= 0.6 is 11.6 Å². The topological polar surface area (TPSA) is 47.3 Å². The quantitative estimate of drug-likeness (QED) is 0.921. The second-order valence-electron chi connectivity index (χ2n) is 5.05. The highest BCUT2D eigenvalue weighted by molar-refractivity contribution is 6.31. The summed E-state index contributed by atoms with van der Waals surface area (Å²) in [5, 5.41) is 15.4. The predicted octanol–water partition coefficient (Wildman–Crippen LogP) is 2.56. The molecule has 0 fully saturated rings. The standard InChI is InChI=1S/C15H17ClN2O2/c1-20-7-6-18-14(13(16)9-17-18)15(19)12-8-10-4-2-3-5-11(10)12/h2-5,9,12,15,19H,6-8H2,1H3. The number of aromatic nitrogens is 2. The molecule has 0 saturated heterocycles. The average Bonchev–Trinajstić information content (AvgIpc) is 2.79. The highest BCUT2D eigenvalue weighted by Crippen LogP contribution is 2.44. The molecule has 1 aliphatic carbocycles. The molecule has 0 aliphatic heterocycles. The minimum absolute atomic E-state index is 0.0988. The lowest BCUT2D eigenvalue weighted by molar-refractivity contribution is 0.119. The van der Waals surface area contributed by atoms with Crippen LogP contribution in [0, 0.1) is 0 Å². The van der Waals surface area contributed by atoms with Gasteiger partial charge in [-0.1, -0.05) is 35.9 Å². The summed E-state index contributed by atoms with van der Waals surface area (Å²) in [7, 11) is 1.64. The number of aliphatic hydroxyl groups excluding tert-OH is 1. The van der Waals surface area contributed by atoms with Crippen molar-refractivity contribution in [3.8, 4) is 0 Å². The molecular formula is C15H17ClN2O2. The number of methoxy groups -OCH3 is 1. The van der Waals surface area contributed by atoms with Crippen molar-refractivity contribution in [1.29, 1.82) is 0 Å². The second-order valence-corrected chi connectivity index (χ2v) is 5.46. The van der Waals surface area contributed by atoms with E-state index in [1.165, 1.54) is 11.1 Å². The van der Waals surface area contributed by atoms with Gasteiger partial charge >= 0.3 is 0 Å². The van der Waals surface area contributed by atoms with E-state index >= 15 is 0 Å². The Labute approximate surface area is 122 Å². The maximum Gasteiger partial charge on any atom is 0.104 e. The minimum atomic E-state index is -0.628. The number of aliphatic hydroxyl groups is 1. The van der Waals surface area contributed by atoms with E-state index in [4.69, 9.17) is 16.3 Å². The molecule has 2 atom stereocenters. The van der Waals surface area contributed by atoms with Crippen LogP contribution in [0.4, 0.5) is 0 Å². The maximum absolute atomic E-state index is 10.7. The monoisotopic (exact) mass is 292 g/mol. The summed E-state index contributed by atoms with van der Waals surface area (Å²) in [6, 6.07) is 8.19. The molecule has 1 heterocycles. The molecule has 2 unspecified atom stereocenters. The molecule has 106 valence electrons. The van der Waals surface area contributed by atoms with Crippen LogP contribution < -0.4 is 0 Å². The molecular weight excluding hydrogens is 276 g/mol. The first-order valence-corrected chi connectivity index (χ1v) is 7.06. The van der Waals surface area contributed by atoms with Gasteiger partial charge in [-0.05, 0) is 17.5 Å². The lowest BCUT2D eigenvalue weighted by Crippen LogP contribution is -2.26. The first kappa shape index (κ1) is 13.6. The Morgan fingerprint density at radius 3 is 3.05 bits per heavy atom. The Kier molecular flexibility index (Phi) is 3.78. The van der Waals surface area contributed by atoms with E-state index < -0.39 is 6.10 Å². The van der Waals surface area contributed by atoms with Gasteiger partial charge in [0, 0.05) is 13.0 Å². The van der Waals surface area contributed by atoms with Gasteiger partial charge in [0.15, 0.2) is 0 Å². The third-order valence-electron chi connectivity index (χ3n) is 3.90. The van der Waals surface area contributed by atoms with Crippen LogP contribution in [0.15, 0.2) is 30.5 Å². The second kappa shape index (κ2) is 5.56. The molecule has 0 spiro atoms. The summed E-state index contributed by atoms with van der Waals surface area (Å²) >= 11 is 6.19. The highest BCUT2D eigenvalue weighted by Gasteiger charge is 2.35. The third-order valence-corrected chi connectivity index (χ3v) is 4.19. The van der Waals surface area contributed by atoms with E-state index in [-0.39, 0.29) is 5.92 Å². The van der Waals surface area contributed by atoms with E-state index in [2.05, 4.69) is 17.2 Å². The Hall–Kier alpha value is -1.36. The number of fused-ring (bicyclic) bond motifs is 1. The van der Waals surface area contributed by atoms with Crippen molar-refractivity contribution in [1.82, 2.24) is 9.78 Å². The number of halogens is 1. The van der Waals surface area contributed by atoms with Gasteiger partial charge in [-0.2, -0.15) is 5.10 Å². The van der Waals surface area contributed by atoms with Crippen molar-refractivity contribution >= 4 is 11.6 Å². The summed E-state index contributed by atoms with van der Waals surface area (Å²) in [4.78, 5) is 0. The number of nitrogens with zero attached hydrogens (tertiary/aromatic N) is 2. The molecule has 1 aromatic carbocycles. The average molecular weight is 293 g/mol. The van der Waals surface area contributed by atoms with E-state index in [1.54, 1.807) is 18.0 Å². The Bertz CT molecular complexity index is 612. The Balaban J connectivity index is 1.85. The zero-order valence-corrected chi connectivity index (χ0v) is 12.0. The van der Waals surface area contributed by atoms with Crippen LogP contribution in [0.5, 0.6) is 0 Å². The van der Waals surface area contributed by atoms with E-state index in [1.807, 2.05) is 12.1 Å². The van der Waals surface area contributed by atoms with Crippen LogP contribution in [0.2, 0.25) is 5.02 Å². The molecule has 4 nitrogen and oxygen atoms in total. The van der Waals surface area contributed by atoms with Crippen LogP contribution in [-0.4, -0.2) is 28.6 Å². The van der Waals surface area contributed by atoms with Crippen molar-refractivity contribution < 1.29 is 9.84 Å². The number of ether oxygens (including phenoxy) is 1. The first-order valence-electron chi connectivity index (χ1n) is 6.68. The summed E-state index contributed by atoms with van der Waals surface area (Å²) < 4.78 is 6.79. The van der Waals surface area contributed by atoms with Gasteiger partial charge < -0.3 is 9.84 Å². The van der Waals surface area contributed by atoms with Crippen molar-refractivity contribution in [3.63, 3.8) is 0 Å². The summed E-state index contributed by atoms with van der Waals surface area (Å²) in [5.41, 5.74) is 3.19. The first-order chi connectivity index (χ1) is 9.72. The summed E-state index contributed by atoms with van der Waals surface area (Å²) in [6.07, 6.45) is 1.83. The molecule has 5 heteroatoms. The molecule has 1 N–H and O–H groups in total. The SMILES string of the molecule is COCCn1ncc(Cl)c1C(O)C1Cc2ccccc21. The van der Waals surface area contributed by atoms with Crippen molar-refractivity contribution in [2.24, 2.45) is 0 Å². The lowest BCUT2D eigenvalue weighted by atomic mass is 9.74. The zero-order chi connectivity index (χ0) is 14.1. The normalized spacial score (nSPS) is 18.4. The largest absolute Gasteiger partial charge is 0.386 e. The number of benzene rings is 1. The van der Waals surface area contributed by atoms with Gasteiger partial charge in [0.2, 0.25) is 0 Å². The van der Waals surface area contributed by atoms with Gasteiger partial charge in [0.1, 0.15) is 6.10 Å². The molecule has 20 heavy (non-hydrogen) atoms. The van der Waals surface area contributed by atoms with Gasteiger partial charge in [0.05, 0.1) is 30.1 Å². The molecule has 0 saturated carbocycles. The van der Waals surface area contributed by atoms with Crippen molar-refractivity contribution in [3.05, 3.63) is 52.3 Å². The fourth-order valence-corrected chi connectivity index (χ4v) is 3.04. The fraction of sp³-hybridized carbons (Fsp3) is 0.400. The molecule has 0 radical (unpaired) electrons. The fourth-order valence-electron chi connectivity index (χ4n) is 2.79. The number of rotatable bonds is 5. The number of hydrogen-bond donors (Lipinski definition) is 1. The predicted molar refractivity (Wildman–Crippen MR) is 77.0 cm³/mol. The molecule has 0 amide bonds. The van der Waals surface area contributed by atoms with Gasteiger partial charge in [-0.3, -0.25) is 4.68 Å². The lowest BCUT2D eigenvalue weighted by Gasteiger charge is -2.34. The molecule has 2 aromatic rings. The highest BCUT2D eigenvalue weighted by atomic mass is 35.5. The maximum atomic E-state index is 10.7.